The molecule has 0 saturated heterocycles. The van der Waals surface area contributed by atoms with Gasteiger partial charge in [-0.3, -0.25) is 4.79 Å². The van der Waals surface area contributed by atoms with E-state index < -0.39 is 0 Å². The monoisotopic (exact) mass is 605 g/mol. The molecule has 0 heterocycles. The van der Waals surface area contributed by atoms with Crippen molar-refractivity contribution in [2.24, 2.45) is 0 Å². The van der Waals surface area contributed by atoms with Gasteiger partial charge in [-0.2, -0.15) is 0 Å². The number of unbranched alkanes of at least 4 members (excludes halogenated alkanes) is 25. The van der Waals surface area contributed by atoms with Crippen LogP contribution < -0.4 is 10.6 Å². The lowest BCUT2D eigenvalue weighted by molar-refractivity contribution is -0.121. The summed E-state index contributed by atoms with van der Waals surface area (Å²) in [5.74, 6) is 0.584. The van der Waals surface area contributed by atoms with E-state index in [1.165, 1.54) is 166 Å². The molecule has 0 unspecified atom stereocenters. The Morgan fingerprint density at radius 2 is 0.767 bits per heavy atom. The van der Waals surface area contributed by atoms with Gasteiger partial charge in [0, 0.05) is 31.6 Å². The molecule has 0 radical (unpaired) electrons. The Hall–Kier alpha value is -1.45. The van der Waals surface area contributed by atoms with Crippen molar-refractivity contribution >= 4 is 5.91 Å². The van der Waals surface area contributed by atoms with E-state index in [1.807, 2.05) is 0 Å². The summed E-state index contributed by atoms with van der Waals surface area (Å²) in [6.45, 7) is 11.9. The fourth-order valence-corrected chi connectivity index (χ4v) is 5.84. The molecule has 4 heteroatoms. The molecule has 3 N–H and O–H groups in total. The quantitative estimate of drug-likeness (QED) is 0.0492. The largest absolute Gasteiger partial charge is 0.513 e. The highest BCUT2D eigenvalue weighted by molar-refractivity contribution is 5.75. The number of carbonyl (C=O) groups excluding carboxylic acids is 1. The second kappa shape index (κ2) is 35.0. The molecule has 0 aliphatic heterocycles. The van der Waals surface area contributed by atoms with Gasteiger partial charge in [0.2, 0.25) is 5.91 Å². The predicted molar refractivity (Wildman–Crippen MR) is 191 cm³/mol. The number of aliphatic hydroxyl groups excluding tert-OH is 1. The van der Waals surface area contributed by atoms with Crippen molar-refractivity contribution in [2.75, 3.05) is 13.1 Å². The molecule has 0 saturated carbocycles. The third-order valence-corrected chi connectivity index (χ3v) is 8.75. The third-order valence-electron chi connectivity index (χ3n) is 8.75. The number of carbonyl (C=O) groups is 1. The van der Waals surface area contributed by atoms with Gasteiger partial charge < -0.3 is 15.7 Å². The van der Waals surface area contributed by atoms with Gasteiger partial charge in [0.25, 0.3) is 0 Å². The Bertz CT molecular complexity index is 618. The second-order valence-electron chi connectivity index (χ2n) is 13.2. The Morgan fingerprint density at radius 1 is 0.442 bits per heavy atom. The minimum absolute atomic E-state index is 0.243. The van der Waals surface area contributed by atoms with E-state index in [1.54, 1.807) is 0 Å². The first-order valence-corrected chi connectivity index (χ1v) is 19.1. The van der Waals surface area contributed by atoms with Gasteiger partial charge in [-0.25, -0.2) is 0 Å². The molecule has 0 aromatic heterocycles. The Balaban J connectivity index is 3.22. The Kier molecular flexibility index (Phi) is 33.9. The Morgan fingerprint density at radius 3 is 1.19 bits per heavy atom. The van der Waals surface area contributed by atoms with Crippen molar-refractivity contribution in [3.63, 3.8) is 0 Å². The van der Waals surface area contributed by atoms with Crippen LogP contribution in [0.2, 0.25) is 0 Å². The summed E-state index contributed by atoms with van der Waals surface area (Å²) < 4.78 is 0. The zero-order valence-corrected chi connectivity index (χ0v) is 29.1. The van der Waals surface area contributed by atoms with Crippen LogP contribution in [0.1, 0.15) is 206 Å². The molecular weight excluding hydrogens is 528 g/mol. The van der Waals surface area contributed by atoms with Crippen molar-refractivity contribution in [1.29, 1.82) is 0 Å². The minimum Gasteiger partial charge on any atom is -0.513 e. The normalized spacial score (nSPS) is 11.1. The molecule has 0 aromatic rings. The number of hydrogen-bond donors (Lipinski definition) is 3. The lowest BCUT2D eigenvalue weighted by Crippen LogP contribution is -2.23. The van der Waals surface area contributed by atoms with Crippen LogP contribution in [0, 0.1) is 0 Å². The number of nitrogens with one attached hydrogen (secondary N) is 2. The van der Waals surface area contributed by atoms with Crippen LogP contribution in [0.5, 0.6) is 0 Å². The zero-order chi connectivity index (χ0) is 31.5. The van der Waals surface area contributed by atoms with Gasteiger partial charge in [-0.15, -0.1) is 0 Å². The molecule has 43 heavy (non-hydrogen) atoms. The van der Waals surface area contributed by atoms with Crippen LogP contribution in [0.4, 0.5) is 0 Å². The van der Waals surface area contributed by atoms with Crippen molar-refractivity contribution in [3.05, 3.63) is 24.6 Å². The van der Waals surface area contributed by atoms with Crippen molar-refractivity contribution in [3.8, 4) is 0 Å². The zero-order valence-electron chi connectivity index (χ0n) is 29.1. The van der Waals surface area contributed by atoms with Gasteiger partial charge in [0.15, 0.2) is 0 Å². The number of aliphatic hydroxyl groups is 1. The van der Waals surface area contributed by atoms with Crippen molar-refractivity contribution < 1.29 is 9.90 Å². The highest BCUT2D eigenvalue weighted by atomic mass is 16.3. The van der Waals surface area contributed by atoms with Crippen molar-refractivity contribution in [2.45, 2.75) is 206 Å². The van der Waals surface area contributed by atoms with E-state index in [0.717, 1.165) is 45.2 Å². The predicted octanol–water partition coefficient (Wildman–Crippen LogP) is 12.4. The topological polar surface area (TPSA) is 61.4 Å². The maximum Gasteiger partial charge on any atom is 0.219 e. The van der Waals surface area contributed by atoms with Crippen molar-refractivity contribution in [1.82, 2.24) is 10.6 Å². The first-order valence-electron chi connectivity index (χ1n) is 19.1. The third kappa shape index (κ3) is 36.6. The summed E-state index contributed by atoms with van der Waals surface area (Å²) in [7, 11) is 0. The van der Waals surface area contributed by atoms with E-state index in [0.29, 0.717) is 12.2 Å². The maximum atomic E-state index is 11.9. The number of allylic oxidation sites excluding steroid dienone is 2. The van der Waals surface area contributed by atoms with Crippen LogP contribution in [-0.2, 0) is 4.79 Å². The van der Waals surface area contributed by atoms with Crippen LogP contribution >= 0.6 is 0 Å². The maximum absolute atomic E-state index is 11.9. The summed E-state index contributed by atoms with van der Waals surface area (Å²) in [6, 6.07) is 0. The van der Waals surface area contributed by atoms with E-state index >= 15 is 0 Å². The summed E-state index contributed by atoms with van der Waals surface area (Å²) in [5.41, 5.74) is 1.22. The van der Waals surface area contributed by atoms with Crippen LogP contribution in [0.3, 0.4) is 0 Å². The number of hydrogen-bond acceptors (Lipinski definition) is 3. The molecule has 4 nitrogen and oxygen atoms in total. The number of amides is 1. The smallest absolute Gasteiger partial charge is 0.219 e. The average Bonchev–Trinajstić information content (AvgIpc) is 2.99. The first kappa shape index (κ1) is 41.5. The van der Waals surface area contributed by atoms with Crippen LogP contribution in [0.25, 0.3) is 0 Å². The van der Waals surface area contributed by atoms with Crippen LogP contribution in [-0.4, -0.2) is 24.1 Å². The summed E-state index contributed by atoms with van der Waals surface area (Å²) >= 11 is 0. The lowest BCUT2D eigenvalue weighted by atomic mass is 10.0. The van der Waals surface area contributed by atoms with Gasteiger partial charge in [0.05, 0.1) is 5.76 Å². The van der Waals surface area contributed by atoms with Crippen LogP contribution in [0.15, 0.2) is 24.6 Å². The van der Waals surface area contributed by atoms with E-state index in [2.05, 4.69) is 30.7 Å². The molecule has 0 bridgehead atoms. The fraction of sp³-hybridized carbons (Fsp3) is 0.872. The van der Waals surface area contributed by atoms with Gasteiger partial charge >= 0.3 is 0 Å². The molecule has 0 aromatic carbocycles. The van der Waals surface area contributed by atoms with E-state index in [-0.39, 0.29) is 5.91 Å². The molecule has 0 fully saturated rings. The Labute approximate surface area is 269 Å². The lowest BCUT2D eigenvalue weighted by Gasteiger charge is -2.09. The SMILES string of the molecule is C=C(O)CCCCCCCCCCCCCCCCCCCC(=C)NCCCCCCCCC(=O)NCCCCCCC. The highest BCUT2D eigenvalue weighted by Crippen LogP contribution is 2.15. The molecule has 0 atom stereocenters. The summed E-state index contributed by atoms with van der Waals surface area (Å²) in [6.07, 6.45) is 39.2. The molecule has 0 spiro atoms. The minimum atomic E-state index is 0.243. The van der Waals surface area contributed by atoms with Gasteiger partial charge in [0.1, 0.15) is 0 Å². The molecule has 254 valence electrons. The fourth-order valence-electron chi connectivity index (χ4n) is 5.84. The number of rotatable bonds is 36. The van der Waals surface area contributed by atoms with Gasteiger partial charge in [-0.05, 0) is 38.5 Å². The summed E-state index contributed by atoms with van der Waals surface area (Å²) in [5, 5.41) is 15.7. The standard InChI is InChI=1S/C39H76N2O2/c1-4-5-6-25-31-36-41-39(43)34-29-24-20-21-26-30-35-40-37(2)32-27-22-18-16-14-12-10-8-7-9-11-13-15-17-19-23-28-33-38(3)42/h40,42H,2-36H2,1H3,(H,41,43). The molecule has 0 rings (SSSR count). The molecule has 1 amide bonds. The molecular formula is C39H76N2O2. The van der Waals surface area contributed by atoms with E-state index in [9.17, 15) is 4.79 Å². The van der Waals surface area contributed by atoms with E-state index in [4.69, 9.17) is 5.11 Å². The highest BCUT2D eigenvalue weighted by Gasteiger charge is 2.01. The average molecular weight is 605 g/mol. The second-order valence-corrected chi connectivity index (χ2v) is 13.2. The first-order chi connectivity index (χ1) is 21.1. The molecule has 0 aliphatic carbocycles. The molecule has 0 aliphatic rings. The van der Waals surface area contributed by atoms with Gasteiger partial charge in [-0.1, -0.05) is 168 Å². The summed E-state index contributed by atoms with van der Waals surface area (Å²) in [4.78, 5) is 11.9.